The van der Waals surface area contributed by atoms with E-state index in [1.807, 2.05) is 0 Å². The Morgan fingerprint density at radius 2 is 2.28 bits per heavy atom. The van der Waals surface area contributed by atoms with Gasteiger partial charge in [-0.2, -0.15) is 0 Å². The summed E-state index contributed by atoms with van der Waals surface area (Å²) < 4.78 is 5.39. The molecule has 0 bridgehead atoms. The van der Waals surface area contributed by atoms with Crippen LogP contribution in [-0.2, 0) is 4.79 Å². The van der Waals surface area contributed by atoms with Gasteiger partial charge >= 0.3 is 0 Å². The number of carbonyl (C=O) groups excluding carboxylic acids is 1. The Morgan fingerprint density at radius 1 is 1.50 bits per heavy atom. The van der Waals surface area contributed by atoms with E-state index in [4.69, 9.17) is 16.2 Å². The molecule has 0 radical (unpaired) electrons. The number of fused-ring (bicyclic) bond motifs is 1. The standard InChI is InChI=1S/C13H19N3O2/c1-9(4-5-14)7-16-11-6-10(15)2-3-12(11)18-8-13(16)17/h2-3,6,9H,4-5,7-8,14-15H2,1H3. The Morgan fingerprint density at radius 3 is 3.00 bits per heavy atom. The second-order valence-electron chi connectivity index (χ2n) is 4.70. The molecule has 1 heterocycles. The molecule has 0 fully saturated rings. The number of carbonyl (C=O) groups is 1. The highest BCUT2D eigenvalue weighted by Gasteiger charge is 2.26. The van der Waals surface area contributed by atoms with Gasteiger partial charge in [-0.05, 0) is 37.1 Å². The van der Waals surface area contributed by atoms with E-state index < -0.39 is 0 Å². The van der Waals surface area contributed by atoms with Gasteiger partial charge in [0, 0.05) is 12.2 Å². The minimum atomic E-state index is -0.0306. The summed E-state index contributed by atoms with van der Waals surface area (Å²) in [6.45, 7) is 3.45. The van der Waals surface area contributed by atoms with Gasteiger partial charge in [0.25, 0.3) is 5.91 Å². The Bertz CT molecular complexity index is 448. The molecule has 0 aromatic heterocycles. The third kappa shape index (κ3) is 2.56. The minimum absolute atomic E-state index is 0.0306. The number of ether oxygens (including phenoxy) is 1. The van der Waals surface area contributed by atoms with Crippen molar-refractivity contribution in [1.29, 1.82) is 0 Å². The van der Waals surface area contributed by atoms with Crippen LogP contribution in [0.15, 0.2) is 18.2 Å². The number of rotatable bonds is 4. The first-order valence-corrected chi connectivity index (χ1v) is 6.14. The zero-order valence-corrected chi connectivity index (χ0v) is 10.6. The van der Waals surface area contributed by atoms with E-state index in [0.717, 1.165) is 12.1 Å². The maximum absolute atomic E-state index is 11.9. The average molecular weight is 249 g/mol. The van der Waals surface area contributed by atoms with Crippen LogP contribution in [0.2, 0.25) is 0 Å². The lowest BCUT2D eigenvalue weighted by Gasteiger charge is -2.31. The molecule has 98 valence electrons. The molecule has 0 saturated carbocycles. The molecule has 1 unspecified atom stereocenters. The lowest BCUT2D eigenvalue weighted by molar-refractivity contribution is -0.121. The summed E-state index contributed by atoms with van der Waals surface area (Å²) in [6, 6.07) is 5.36. The normalized spacial score (nSPS) is 16.1. The lowest BCUT2D eigenvalue weighted by atomic mass is 10.1. The fourth-order valence-corrected chi connectivity index (χ4v) is 2.11. The number of nitrogens with zero attached hydrogens (tertiary/aromatic N) is 1. The van der Waals surface area contributed by atoms with Gasteiger partial charge < -0.3 is 21.1 Å². The molecule has 1 aromatic rings. The van der Waals surface area contributed by atoms with Crippen LogP contribution in [0.25, 0.3) is 0 Å². The van der Waals surface area contributed by atoms with E-state index in [0.29, 0.717) is 30.4 Å². The van der Waals surface area contributed by atoms with Crippen molar-refractivity contribution in [2.45, 2.75) is 13.3 Å². The molecule has 2 rings (SSSR count). The van der Waals surface area contributed by atoms with Gasteiger partial charge in [0.05, 0.1) is 5.69 Å². The molecule has 5 nitrogen and oxygen atoms in total. The average Bonchev–Trinajstić information content (AvgIpc) is 2.33. The molecule has 1 aromatic carbocycles. The van der Waals surface area contributed by atoms with Crippen LogP contribution < -0.4 is 21.1 Å². The molecule has 4 N–H and O–H groups in total. The van der Waals surface area contributed by atoms with Crippen molar-refractivity contribution in [2.75, 3.05) is 30.3 Å². The van der Waals surface area contributed by atoms with Gasteiger partial charge in [-0.3, -0.25) is 4.79 Å². The molecule has 1 amide bonds. The van der Waals surface area contributed by atoms with Gasteiger partial charge in [-0.15, -0.1) is 0 Å². The first-order valence-electron chi connectivity index (χ1n) is 6.14. The van der Waals surface area contributed by atoms with Crippen LogP contribution in [0.3, 0.4) is 0 Å². The molecule has 0 saturated heterocycles. The molecule has 1 atom stereocenters. The van der Waals surface area contributed by atoms with Crippen LogP contribution >= 0.6 is 0 Å². The largest absolute Gasteiger partial charge is 0.482 e. The highest BCUT2D eigenvalue weighted by atomic mass is 16.5. The molecule has 5 heteroatoms. The van der Waals surface area contributed by atoms with Crippen molar-refractivity contribution in [2.24, 2.45) is 11.7 Å². The lowest BCUT2D eigenvalue weighted by Crippen LogP contribution is -2.41. The third-order valence-electron chi connectivity index (χ3n) is 3.08. The summed E-state index contributed by atoms with van der Waals surface area (Å²) in [7, 11) is 0. The molecule has 1 aliphatic heterocycles. The highest BCUT2D eigenvalue weighted by Crippen LogP contribution is 2.34. The monoisotopic (exact) mass is 249 g/mol. The van der Waals surface area contributed by atoms with Crippen molar-refractivity contribution in [1.82, 2.24) is 0 Å². The van der Waals surface area contributed by atoms with Crippen LogP contribution in [0.1, 0.15) is 13.3 Å². The highest BCUT2D eigenvalue weighted by molar-refractivity contribution is 5.98. The summed E-state index contributed by atoms with van der Waals surface area (Å²) in [5.41, 5.74) is 12.7. The Hall–Kier alpha value is -1.75. The van der Waals surface area contributed by atoms with Gasteiger partial charge in [-0.1, -0.05) is 6.92 Å². The van der Waals surface area contributed by atoms with E-state index >= 15 is 0 Å². The van der Waals surface area contributed by atoms with E-state index in [1.165, 1.54) is 0 Å². The predicted octanol–water partition coefficient (Wildman–Crippen LogP) is 0.979. The van der Waals surface area contributed by atoms with E-state index in [1.54, 1.807) is 23.1 Å². The zero-order valence-electron chi connectivity index (χ0n) is 10.6. The van der Waals surface area contributed by atoms with Crippen molar-refractivity contribution in [3.05, 3.63) is 18.2 Å². The van der Waals surface area contributed by atoms with E-state index in [-0.39, 0.29) is 12.5 Å². The number of anilines is 2. The molecular weight excluding hydrogens is 230 g/mol. The van der Waals surface area contributed by atoms with E-state index in [2.05, 4.69) is 6.92 Å². The number of benzene rings is 1. The first kappa shape index (κ1) is 12.7. The van der Waals surface area contributed by atoms with Crippen LogP contribution in [0.4, 0.5) is 11.4 Å². The Kier molecular flexibility index (Phi) is 3.72. The Balaban J connectivity index is 2.24. The molecular formula is C13H19N3O2. The summed E-state index contributed by atoms with van der Waals surface area (Å²) in [6.07, 6.45) is 0.891. The number of nitrogens with two attached hydrogens (primary N) is 2. The second kappa shape index (κ2) is 5.27. The molecule has 1 aliphatic rings. The van der Waals surface area contributed by atoms with Gasteiger partial charge in [0.2, 0.25) is 0 Å². The molecule has 0 spiro atoms. The van der Waals surface area contributed by atoms with Gasteiger partial charge in [0.15, 0.2) is 6.61 Å². The first-order chi connectivity index (χ1) is 8.61. The minimum Gasteiger partial charge on any atom is -0.482 e. The zero-order chi connectivity index (χ0) is 13.1. The van der Waals surface area contributed by atoms with Crippen molar-refractivity contribution >= 4 is 17.3 Å². The number of hydrogen-bond acceptors (Lipinski definition) is 4. The smallest absolute Gasteiger partial charge is 0.265 e. The Labute approximate surface area is 107 Å². The maximum Gasteiger partial charge on any atom is 0.265 e. The number of nitrogen functional groups attached to an aromatic ring is 1. The molecule has 18 heavy (non-hydrogen) atoms. The van der Waals surface area contributed by atoms with Crippen molar-refractivity contribution < 1.29 is 9.53 Å². The van der Waals surface area contributed by atoms with Crippen molar-refractivity contribution in [3.8, 4) is 5.75 Å². The quantitative estimate of drug-likeness (QED) is 0.779. The van der Waals surface area contributed by atoms with Crippen molar-refractivity contribution in [3.63, 3.8) is 0 Å². The summed E-state index contributed by atoms with van der Waals surface area (Å²) in [5.74, 6) is 1.03. The SMILES string of the molecule is CC(CCN)CN1C(=O)COc2ccc(N)cc21. The topological polar surface area (TPSA) is 81.6 Å². The van der Waals surface area contributed by atoms with E-state index in [9.17, 15) is 4.79 Å². The summed E-state index contributed by atoms with van der Waals surface area (Å²) >= 11 is 0. The van der Waals surface area contributed by atoms with Gasteiger partial charge in [-0.25, -0.2) is 0 Å². The third-order valence-corrected chi connectivity index (χ3v) is 3.08. The van der Waals surface area contributed by atoms with Gasteiger partial charge in [0.1, 0.15) is 5.75 Å². The fraction of sp³-hybridized carbons (Fsp3) is 0.462. The van der Waals surface area contributed by atoms with Crippen LogP contribution in [0, 0.1) is 5.92 Å². The van der Waals surface area contributed by atoms with Crippen LogP contribution in [0.5, 0.6) is 5.75 Å². The number of hydrogen-bond donors (Lipinski definition) is 2. The summed E-state index contributed by atoms with van der Waals surface area (Å²) in [5, 5.41) is 0. The second-order valence-corrected chi connectivity index (χ2v) is 4.70. The maximum atomic E-state index is 11.9. The molecule has 0 aliphatic carbocycles. The van der Waals surface area contributed by atoms with Crippen LogP contribution in [-0.4, -0.2) is 25.6 Å². The number of amides is 1. The summed E-state index contributed by atoms with van der Waals surface area (Å²) in [4.78, 5) is 13.7. The predicted molar refractivity (Wildman–Crippen MR) is 71.5 cm³/mol. The fourth-order valence-electron chi connectivity index (χ4n) is 2.11.